The van der Waals surface area contributed by atoms with Gasteiger partial charge in [0.05, 0.1) is 11.0 Å². The number of halogens is 2. The Kier molecular flexibility index (Phi) is 6.18. The molecule has 2 aliphatic heterocycles. The fraction of sp³-hybridized carbons (Fsp3) is 0.276. The van der Waals surface area contributed by atoms with Gasteiger partial charge in [0.25, 0.3) is 0 Å². The van der Waals surface area contributed by atoms with Crippen LogP contribution in [0.5, 0.6) is 0 Å². The van der Waals surface area contributed by atoms with E-state index in [0.29, 0.717) is 21.2 Å². The highest BCUT2D eigenvalue weighted by Gasteiger charge is 2.46. The minimum atomic E-state index is -0.393. The summed E-state index contributed by atoms with van der Waals surface area (Å²) in [5.74, 6) is 0. The first-order valence-electron chi connectivity index (χ1n) is 11.3. The van der Waals surface area contributed by atoms with E-state index in [-0.39, 0.29) is 0 Å². The summed E-state index contributed by atoms with van der Waals surface area (Å²) in [7, 11) is 3.93. The summed E-state index contributed by atoms with van der Waals surface area (Å²) < 4.78 is 2.05. The predicted molar refractivity (Wildman–Crippen MR) is 144 cm³/mol. The maximum absolute atomic E-state index is 10.0. The van der Waals surface area contributed by atoms with Gasteiger partial charge in [-0.2, -0.15) is 15.1 Å². The Labute approximate surface area is 217 Å². The summed E-state index contributed by atoms with van der Waals surface area (Å²) >= 11 is 12.5. The van der Waals surface area contributed by atoms with E-state index in [1.165, 1.54) is 0 Å². The maximum Gasteiger partial charge on any atom is 0.209 e. The van der Waals surface area contributed by atoms with Gasteiger partial charge in [-0.25, -0.2) is 0 Å². The second-order valence-electron chi connectivity index (χ2n) is 9.96. The Hall–Kier alpha value is -3.31. The molecule has 0 aliphatic carbocycles. The first-order valence-corrected chi connectivity index (χ1v) is 12.1. The Bertz CT molecular complexity index is 1460. The summed E-state index contributed by atoms with van der Waals surface area (Å²) in [6.07, 6.45) is 5.35. The lowest BCUT2D eigenvalue weighted by atomic mass is 9.79. The lowest BCUT2D eigenvalue weighted by Gasteiger charge is -2.25. The molecule has 2 aliphatic rings. The number of anilines is 1. The summed E-state index contributed by atoms with van der Waals surface area (Å²) in [5, 5.41) is 21.4. The summed E-state index contributed by atoms with van der Waals surface area (Å²) in [6, 6.07) is 16.3. The number of rotatable bonds is 3. The third-order valence-electron chi connectivity index (χ3n) is 7.12. The largest absolute Gasteiger partial charge is 0.346 e. The van der Waals surface area contributed by atoms with Gasteiger partial charge in [-0.05, 0) is 61.9 Å². The molecule has 0 fully saturated rings. The number of likely N-dealkylation sites (N-methyl/N-ethyl adjacent to an activating group) is 1. The van der Waals surface area contributed by atoms with Gasteiger partial charge in [0.2, 0.25) is 11.4 Å². The van der Waals surface area contributed by atoms with Crippen LogP contribution in [0.1, 0.15) is 38.8 Å². The minimum absolute atomic E-state index is 0.393. The normalized spacial score (nSPS) is 19.5. The van der Waals surface area contributed by atoms with Gasteiger partial charge >= 0.3 is 0 Å². The van der Waals surface area contributed by atoms with Gasteiger partial charge < -0.3 is 4.90 Å². The van der Waals surface area contributed by atoms with Crippen LogP contribution < -0.4 is 4.90 Å². The molecule has 0 atom stereocenters. The van der Waals surface area contributed by atoms with Crippen LogP contribution in [0.2, 0.25) is 10.0 Å². The Morgan fingerprint density at radius 1 is 0.943 bits per heavy atom. The van der Waals surface area contributed by atoms with E-state index in [4.69, 9.17) is 23.2 Å². The zero-order valence-electron chi connectivity index (χ0n) is 20.7. The molecule has 4 rings (SSSR count). The highest BCUT2D eigenvalue weighted by molar-refractivity contribution is 6.31. The Morgan fingerprint density at radius 2 is 1.57 bits per heavy atom. The zero-order chi connectivity index (χ0) is 25.7. The lowest BCUT2D eigenvalue weighted by Crippen LogP contribution is -2.29. The van der Waals surface area contributed by atoms with Gasteiger partial charge in [-0.1, -0.05) is 43.1 Å². The van der Waals surface area contributed by atoms with E-state index in [1.54, 1.807) is 18.2 Å². The molecule has 0 radical (unpaired) electrons. The zero-order valence-corrected chi connectivity index (χ0v) is 22.3. The molecule has 0 bridgehead atoms. The maximum atomic E-state index is 10.0. The van der Waals surface area contributed by atoms with E-state index < -0.39 is 10.8 Å². The van der Waals surface area contributed by atoms with Crippen molar-refractivity contribution in [3.63, 3.8) is 0 Å². The average molecular weight is 502 g/mol. The fourth-order valence-electron chi connectivity index (χ4n) is 5.55. The molecule has 6 heteroatoms. The van der Waals surface area contributed by atoms with Gasteiger partial charge in [-0.3, -0.25) is 0 Å². The average Bonchev–Trinajstić information content (AvgIpc) is 3.12. The molecule has 0 spiro atoms. The summed E-state index contributed by atoms with van der Waals surface area (Å²) in [4.78, 5) is 2.05. The van der Waals surface area contributed by atoms with Crippen molar-refractivity contribution in [2.24, 2.45) is 0 Å². The third kappa shape index (κ3) is 3.88. The molecule has 2 aromatic carbocycles. The second kappa shape index (κ2) is 8.72. The Balaban J connectivity index is 1.76. The van der Waals surface area contributed by atoms with Gasteiger partial charge in [0.1, 0.15) is 24.8 Å². The van der Waals surface area contributed by atoms with E-state index >= 15 is 0 Å². The van der Waals surface area contributed by atoms with E-state index in [0.717, 1.165) is 33.9 Å². The van der Waals surface area contributed by atoms with Gasteiger partial charge in [0.15, 0.2) is 0 Å². The standard InChI is InChI=1S/C29H27Cl2N4/c1-28(2)22-14-20(30)10-12-24(22)34(5)26(28)18(16-32)8-7-9-19(17-33)27-29(3,4)23-15-21(31)11-13-25(23)35(27)6/h7-15H,1-6H3/q+1. The van der Waals surface area contributed by atoms with Crippen LogP contribution in [0.3, 0.4) is 0 Å². The van der Waals surface area contributed by atoms with Crippen LogP contribution in [0.25, 0.3) is 0 Å². The molecule has 0 saturated carbocycles. The minimum Gasteiger partial charge on any atom is -0.346 e. The molecule has 2 heterocycles. The predicted octanol–water partition coefficient (Wildman–Crippen LogP) is 7.21. The Morgan fingerprint density at radius 3 is 2.20 bits per heavy atom. The lowest BCUT2D eigenvalue weighted by molar-refractivity contribution is -0.401. The second-order valence-corrected chi connectivity index (χ2v) is 10.8. The molecule has 4 nitrogen and oxygen atoms in total. The van der Waals surface area contributed by atoms with Crippen molar-refractivity contribution in [3.05, 3.63) is 92.6 Å². The SMILES string of the molecule is CN1C(=C(C#N)C=CC=C(C#N)C2=[N+](C)c3ccc(Cl)cc3C2(C)C)C(C)(C)c2cc(Cl)ccc21. The van der Waals surface area contributed by atoms with Crippen molar-refractivity contribution in [3.8, 4) is 12.1 Å². The smallest absolute Gasteiger partial charge is 0.209 e. The molecule has 35 heavy (non-hydrogen) atoms. The van der Waals surface area contributed by atoms with Crippen LogP contribution in [0.4, 0.5) is 11.4 Å². The van der Waals surface area contributed by atoms with Crippen LogP contribution >= 0.6 is 23.2 Å². The van der Waals surface area contributed by atoms with Crippen molar-refractivity contribution in [2.45, 2.75) is 38.5 Å². The van der Waals surface area contributed by atoms with Gasteiger partial charge in [0, 0.05) is 45.5 Å². The van der Waals surface area contributed by atoms with Crippen molar-refractivity contribution >= 4 is 40.3 Å². The van der Waals surface area contributed by atoms with Crippen molar-refractivity contribution in [1.29, 1.82) is 10.5 Å². The summed E-state index contributed by atoms with van der Waals surface area (Å²) in [5.41, 5.74) is 6.31. The van der Waals surface area contributed by atoms with E-state index in [2.05, 4.69) is 39.8 Å². The van der Waals surface area contributed by atoms with Crippen LogP contribution in [-0.2, 0) is 10.8 Å². The van der Waals surface area contributed by atoms with Gasteiger partial charge in [-0.15, -0.1) is 0 Å². The molecule has 0 aromatic heterocycles. The number of hydrogen-bond donors (Lipinski definition) is 0. The van der Waals surface area contributed by atoms with Crippen LogP contribution in [-0.4, -0.2) is 24.4 Å². The molecule has 176 valence electrons. The number of fused-ring (bicyclic) bond motifs is 2. The van der Waals surface area contributed by atoms with Crippen molar-refractivity contribution < 1.29 is 4.58 Å². The number of benzene rings is 2. The van der Waals surface area contributed by atoms with Crippen molar-refractivity contribution in [1.82, 2.24) is 0 Å². The molecule has 0 amide bonds. The molecule has 2 aromatic rings. The number of allylic oxidation sites excluding steroid dienone is 6. The highest BCUT2D eigenvalue weighted by atomic mass is 35.5. The quantitative estimate of drug-likeness (QED) is 0.253. The number of hydrogen-bond acceptors (Lipinski definition) is 3. The van der Waals surface area contributed by atoms with Crippen molar-refractivity contribution in [2.75, 3.05) is 19.0 Å². The molecule has 0 N–H and O–H groups in total. The van der Waals surface area contributed by atoms with Crippen LogP contribution in [0.15, 0.2) is 71.5 Å². The fourth-order valence-corrected chi connectivity index (χ4v) is 5.90. The molecular formula is C29H27Cl2N4+. The molecule has 0 saturated heterocycles. The van der Waals surface area contributed by atoms with Crippen LogP contribution in [0, 0.1) is 22.7 Å². The first-order chi connectivity index (χ1) is 16.4. The topological polar surface area (TPSA) is 53.8 Å². The van der Waals surface area contributed by atoms with E-state index in [9.17, 15) is 10.5 Å². The number of nitriles is 2. The first kappa shape index (κ1) is 24.8. The summed E-state index contributed by atoms with van der Waals surface area (Å²) in [6.45, 7) is 8.38. The monoisotopic (exact) mass is 501 g/mol. The van der Waals surface area contributed by atoms with E-state index in [1.807, 2.05) is 60.0 Å². The highest BCUT2D eigenvalue weighted by Crippen LogP contribution is 2.49. The molecule has 0 unspecified atom stereocenters. The molecular weight excluding hydrogens is 475 g/mol. The third-order valence-corrected chi connectivity index (χ3v) is 7.59. The number of nitrogens with zero attached hydrogens (tertiary/aromatic N) is 4.